The van der Waals surface area contributed by atoms with Crippen LogP contribution in [0, 0.1) is 13.8 Å². The molecule has 0 N–H and O–H groups in total. The Morgan fingerprint density at radius 2 is 0.855 bits per heavy atom. The highest BCUT2D eigenvalue weighted by molar-refractivity contribution is 6.17. The lowest BCUT2D eigenvalue weighted by atomic mass is 9.67. The summed E-state index contributed by atoms with van der Waals surface area (Å²) in [5.41, 5.74) is 21.9. The molecular formula is C67H47NO. The van der Waals surface area contributed by atoms with Crippen LogP contribution in [0.4, 0.5) is 17.1 Å². The largest absolute Gasteiger partial charge is 0.455 e. The lowest BCUT2D eigenvalue weighted by Crippen LogP contribution is -2.28. The molecule has 1 aliphatic rings. The number of furan rings is 1. The van der Waals surface area contributed by atoms with E-state index in [4.69, 9.17) is 4.42 Å². The minimum absolute atomic E-state index is 0.460. The van der Waals surface area contributed by atoms with Crippen molar-refractivity contribution >= 4 is 49.8 Å². The highest BCUT2D eigenvalue weighted by Gasteiger charge is 2.46. The SMILES string of the molecule is Cc1cc(-c2ccccc2)cc(C)c1N(c1ccc(-c2cccc3c2-c2ccccc2C3(c2ccccc2)c2ccccc2)cc1)c1ccc(-c2cccc3c2oc2c4ccccc4ccc32)cc1. The zero-order valence-electron chi connectivity index (χ0n) is 38.5. The molecular weight excluding hydrogens is 835 g/mol. The van der Waals surface area contributed by atoms with Crippen LogP contribution in [-0.4, -0.2) is 0 Å². The number of nitrogens with zero attached hydrogens (tertiary/aromatic N) is 1. The van der Waals surface area contributed by atoms with Gasteiger partial charge in [-0.05, 0) is 134 Å². The molecule has 2 nitrogen and oxygen atoms in total. The van der Waals surface area contributed by atoms with E-state index in [1.54, 1.807) is 0 Å². The van der Waals surface area contributed by atoms with Gasteiger partial charge in [-0.3, -0.25) is 0 Å². The summed E-state index contributed by atoms with van der Waals surface area (Å²) in [5, 5.41) is 4.57. The van der Waals surface area contributed by atoms with Gasteiger partial charge < -0.3 is 9.32 Å². The molecule has 1 aromatic heterocycles. The van der Waals surface area contributed by atoms with E-state index in [1.165, 1.54) is 77.8 Å². The fourth-order valence-corrected chi connectivity index (χ4v) is 11.6. The van der Waals surface area contributed by atoms with E-state index >= 15 is 0 Å². The molecule has 0 bridgehead atoms. The standard InChI is InChI=1S/C67H47NO/c1-44-42-50(46-18-6-3-7-19-46)43-45(2)64(44)68(54-39-34-49(35-40-54)57-28-16-29-58-59-41-36-47-20-12-13-25-56(47)66(59)69-65(57)58)53-37-32-48(33-38-53)55-27-17-31-62-63(55)60-26-14-15-30-61(60)67(62,51-21-8-4-9-22-51)52-23-10-5-11-24-52/h3-43H,1-2H3. The molecule has 0 amide bonds. The third-order valence-corrected chi connectivity index (χ3v) is 14.6. The van der Waals surface area contributed by atoms with E-state index in [-0.39, 0.29) is 0 Å². The quantitative estimate of drug-likeness (QED) is 0.151. The molecule has 0 spiro atoms. The van der Waals surface area contributed by atoms with Gasteiger partial charge in [-0.2, -0.15) is 0 Å². The maximum atomic E-state index is 6.79. The molecule has 0 saturated carbocycles. The lowest BCUT2D eigenvalue weighted by molar-refractivity contribution is 0.674. The molecule has 0 radical (unpaired) electrons. The first-order valence-electron chi connectivity index (χ1n) is 23.9. The number of anilines is 3. The highest BCUT2D eigenvalue weighted by Crippen LogP contribution is 2.58. The molecule has 13 rings (SSSR count). The second-order valence-electron chi connectivity index (χ2n) is 18.5. The number of fused-ring (bicyclic) bond motifs is 8. The first-order valence-corrected chi connectivity index (χ1v) is 23.9. The zero-order valence-corrected chi connectivity index (χ0v) is 38.5. The molecule has 0 saturated heterocycles. The molecule has 0 aliphatic heterocycles. The van der Waals surface area contributed by atoms with Crippen LogP contribution in [0.1, 0.15) is 33.4 Å². The van der Waals surface area contributed by atoms with Crippen molar-refractivity contribution in [2.75, 3.05) is 4.90 Å². The summed E-state index contributed by atoms with van der Waals surface area (Å²) in [5.74, 6) is 0. The fraction of sp³-hybridized carbons (Fsp3) is 0.0448. The Morgan fingerprint density at radius 1 is 0.348 bits per heavy atom. The van der Waals surface area contributed by atoms with E-state index in [0.29, 0.717) is 0 Å². The summed E-state index contributed by atoms with van der Waals surface area (Å²) in [6, 6.07) is 90.9. The first-order chi connectivity index (χ1) is 34.1. The van der Waals surface area contributed by atoms with Crippen LogP contribution < -0.4 is 4.90 Å². The Hall–Kier alpha value is -8.72. The van der Waals surface area contributed by atoms with Crippen LogP contribution in [0.5, 0.6) is 0 Å². The van der Waals surface area contributed by atoms with Gasteiger partial charge in [0.1, 0.15) is 11.2 Å². The summed E-state index contributed by atoms with van der Waals surface area (Å²) >= 11 is 0. The van der Waals surface area contributed by atoms with Gasteiger partial charge >= 0.3 is 0 Å². The predicted molar refractivity (Wildman–Crippen MR) is 289 cm³/mol. The Labute approximate surface area is 403 Å². The van der Waals surface area contributed by atoms with Crippen LogP contribution in [0.2, 0.25) is 0 Å². The number of hydrogen-bond donors (Lipinski definition) is 0. The van der Waals surface area contributed by atoms with Crippen LogP contribution in [-0.2, 0) is 5.41 Å². The van der Waals surface area contributed by atoms with E-state index in [9.17, 15) is 0 Å². The predicted octanol–water partition coefficient (Wildman–Crippen LogP) is 18.2. The molecule has 2 heteroatoms. The average Bonchev–Trinajstić information content (AvgIpc) is 3.95. The van der Waals surface area contributed by atoms with E-state index in [2.05, 4.69) is 267 Å². The number of para-hydroxylation sites is 1. The maximum absolute atomic E-state index is 6.79. The molecule has 1 heterocycles. The monoisotopic (exact) mass is 881 g/mol. The summed E-state index contributed by atoms with van der Waals surface area (Å²) in [7, 11) is 0. The number of benzene rings is 11. The topological polar surface area (TPSA) is 16.4 Å². The maximum Gasteiger partial charge on any atom is 0.143 e. The van der Waals surface area contributed by atoms with Crippen LogP contribution in [0.3, 0.4) is 0 Å². The molecule has 0 atom stereocenters. The van der Waals surface area contributed by atoms with Gasteiger partial charge in [-0.15, -0.1) is 0 Å². The van der Waals surface area contributed by atoms with Crippen molar-refractivity contribution in [2.24, 2.45) is 0 Å². The van der Waals surface area contributed by atoms with E-state index < -0.39 is 5.41 Å². The molecule has 69 heavy (non-hydrogen) atoms. The van der Waals surface area contributed by atoms with E-state index in [1.807, 2.05) is 0 Å². The van der Waals surface area contributed by atoms with Crippen LogP contribution >= 0.6 is 0 Å². The third kappa shape index (κ3) is 6.40. The minimum atomic E-state index is -0.460. The molecule has 11 aromatic carbocycles. The Morgan fingerprint density at radius 3 is 1.54 bits per heavy atom. The van der Waals surface area contributed by atoms with Crippen molar-refractivity contribution in [2.45, 2.75) is 19.3 Å². The Kier molecular flexibility index (Phi) is 9.55. The molecule has 326 valence electrons. The summed E-state index contributed by atoms with van der Waals surface area (Å²) < 4.78 is 6.79. The van der Waals surface area contributed by atoms with Gasteiger partial charge in [-0.25, -0.2) is 0 Å². The third-order valence-electron chi connectivity index (χ3n) is 14.6. The first kappa shape index (κ1) is 40.5. The van der Waals surface area contributed by atoms with Gasteiger partial charge in [0.15, 0.2) is 0 Å². The fourth-order valence-electron chi connectivity index (χ4n) is 11.6. The second kappa shape index (κ2) is 16.3. The Balaban J connectivity index is 0.945. The van der Waals surface area contributed by atoms with Crippen molar-refractivity contribution in [3.8, 4) is 44.5 Å². The summed E-state index contributed by atoms with van der Waals surface area (Å²) in [4.78, 5) is 2.43. The van der Waals surface area contributed by atoms with Gasteiger partial charge in [0, 0.05) is 33.1 Å². The van der Waals surface area contributed by atoms with Gasteiger partial charge in [0.2, 0.25) is 0 Å². The second-order valence-corrected chi connectivity index (χ2v) is 18.5. The summed E-state index contributed by atoms with van der Waals surface area (Å²) in [6.45, 7) is 4.49. The normalized spacial score (nSPS) is 12.6. The van der Waals surface area contributed by atoms with E-state index in [0.717, 1.165) is 49.8 Å². The zero-order chi connectivity index (χ0) is 46.1. The molecule has 0 unspecified atom stereocenters. The number of hydrogen-bond acceptors (Lipinski definition) is 2. The van der Waals surface area contributed by atoms with Crippen LogP contribution in [0.15, 0.2) is 253 Å². The highest BCUT2D eigenvalue weighted by atomic mass is 16.3. The lowest BCUT2D eigenvalue weighted by Gasteiger charge is -2.34. The van der Waals surface area contributed by atoms with Crippen molar-refractivity contribution in [1.29, 1.82) is 0 Å². The summed E-state index contributed by atoms with van der Waals surface area (Å²) in [6.07, 6.45) is 0. The smallest absolute Gasteiger partial charge is 0.143 e. The van der Waals surface area contributed by atoms with Crippen molar-refractivity contribution < 1.29 is 4.42 Å². The molecule has 0 fully saturated rings. The van der Waals surface area contributed by atoms with Gasteiger partial charge in [-0.1, -0.05) is 206 Å². The van der Waals surface area contributed by atoms with Crippen molar-refractivity contribution in [3.63, 3.8) is 0 Å². The van der Waals surface area contributed by atoms with Gasteiger partial charge in [0.05, 0.1) is 11.1 Å². The van der Waals surface area contributed by atoms with Gasteiger partial charge in [0.25, 0.3) is 0 Å². The van der Waals surface area contributed by atoms with Crippen molar-refractivity contribution in [3.05, 3.63) is 282 Å². The minimum Gasteiger partial charge on any atom is -0.455 e. The molecule has 12 aromatic rings. The van der Waals surface area contributed by atoms with Crippen LogP contribution in [0.25, 0.3) is 77.2 Å². The Bertz CT molecular complexity index is 3820. The molecule has 1 aliphatic carbocycles. The number of rotatable bonds is 8. The number of aryl methyl sites for hydroxylation is 2. The average molecular weight is 882 g/mol. The van der Waals surface area contributed by atoms with Crippen molar-refractivity contribution in [1.82, 2.24) is 0 Å².